The molecule has 1 amide bonds. The fraction of sp³-hybridized carbons (Fsp3) is 0.350. The molecule has 2 aromatic rings. The zero-order chi connectivity index (χ0) is 15.2. The Morgan fingerprint density at radius 3 is 2.68 bits per heavy atom. The highest BCUT2D eigenvalue weighted by atomic mass is 16.1. The Morgan fingerprint density at radius 1 is 1.05 bits per heavy atom. The molecule has 1 N–H and O–H groups in total. The number of hydrogen-bond donors (Lipinski definition) is 1. The lowest BCUT2D eigenvalue weighted by Crippen LogP contribution is -2.30. The number of carbonyl (C=O) groups is 1. The third-order valence-electron chi connectivity index (χ3n) is 4.52. The lowest BCUT2D eigenvalue weighted by atomic mass is 9.83. The van der Waals surface area contributed by atoms with E-state index in [1.54, 1.807) is 0 Å². The molecule has 2 nitrogen and oxygen atoms in total. The van der Waals surface area contributed by atoms with Gasteiger partial charge in [0.15, 0.2) is 0 Å². The van der Waals surface area contributed by atoms with Crippen molar-refractivity contribution in [3.05, 3.63) is 71.3 Å². The fourth-order valence-corrected chi connectivity index (χ4v) is 3.29. The number of rotatable bonds is 5. The first-order chi connectivity index (χ1) is 10.8. The van der Waals surface area contributed by atoms with E-state index in [0.717, 1.165) is 13.0 Å². The van der Waals surface area contributed by atoms with Crippen LogP contribution in [0.2, 0.25) is 0 Å². The molecule has 2 aromatic carbocycles. The Kier molecular flexibility index (Phi) is 4.89. The second kappa shape index (κ2) is 7.26. The van der Waals surface area contributed by atoms with Gasteiger partial charge in [-0.05, 0) is 42.4 Å². The van der Waals surface area contributed by atoms with Gasteiger partial charge in [-0.1, -0.05) is 54.6 Å². The number of benzene rings is 2. The van der Waals surface area contributed by atoms with E-state index in [4.69, 9.17) is 0 Å². The second-order valence-electron chi connectivity index (χ2n) is 6.08. The number of aryl methyl sites for hydroxylation is 2. The van der Waals surface area contributed by atoms with Gasteiger partial charge < -0.3 is 5.32 Å². The van der Waals surface area contributed by atoms with Gasteiger partial charge in [0.2, 0.25) is 5.91 Å². The van der Waals surface area contributed by atoms with Gasteiger partial charge in [0.05, 0.1) is 0 Å². The maximum Gasteiger partial charge on any atom is 0.220 e. The third-order valence-corrected chi connectivity index (χ3v) is 4.52. The Bertz CT molecular complexity index is 621. The van der Waals surface area contributed by atoms with Crippen molar-refractivity contribution in [2.45, 2.75) is 38.0 Å². The molecule has 114 valence electrons. The molecule has 0 saturated heterocycles. The number of fused-ring (bicyclic) bond motifs is 1. The molecule has 0 aromatic heterocycles. The van der Waals surface area contributed by atoms with Crippen molar-refractivity contribution in [3.63, 3.8) is 0 Å². The number of amides is 1. The summed E-state index contributed by atoms with van der Waals surface area (Å²) in [7, 11) is 0. The van der Waals surface area contributed by atoms with E-state index >= 15 is 0 Å². The lowest BCUT2D eigenvalue weighted by Gasteiger charge is -2.25. The largest absolute Gasteiger partial charge is 0.355 e. The smallest absolute Gasteiger partial charge is 0.220 e. The van der Waals surface area contributed by atoms with E-state index in [-0.39, 0.29) is 5.91 Å². The molecule has 22 heavy (non-hydrogen) atoms. The molecule has 0 radical (unpaired) electrons. The summed E-state index contributed by atoms with van der Waals surface area (Å²) in [6.45, 7) is 0.768. The van der Waals surface area contributed by atoms with Gasteiger partial charge in [-0.25, -0.2) is 0 Å². The van der Waals surface area contributed by atoms with E-state index in [9.17, 15) is 4.79 Å². The highest BCUT2D eigenvalue weighted by molar-refractivity contribution is 5.76. The second-order valence-corrected chi connectivity index (χ2v) is 6.08. The van der Waals surface area contributed by atoms with Crippen LogP contribution in [0.3, 0.4) is 0 Å². The first-order valence-electron chi connectivity index (χ1n) is 8.21. The Labute approximate surface area is 132 Å². The zero-order valence-corrected chi connectivity index (χ0v) is 12.9. The van der Waals surface area contributed by atoms with E-state index in [1.165, 1.54) is 36.0 Å². The van der Waals surface area contributed by atoms with Gasteiger partial charge in [0.1, 0.15) is 0 Å². The predicted molar refractivity (Wildman–Crippen MR) is 89.9 cm³/mol. The summed E-state index contributed by atoms with van der Waals surface area (Å²) in [5.41, 5.74) is 4.11. The molecule has 0 heterocycles. The molecule has 1 unspecified atom stereocenters. The molecule has 0 saturated carbocycles. The van der Waals surface area contributed by atoms with E-state index in [1.807, 2.05) is 18.2 Å². The molecule has 0 bridgehead atoms. The van der Waals surface area contributed by atoms with E-state index in [0.29, 0.717) is 12.3 Å². The van der Waals surface area contributed by atoms with Crippen LogP contribution in [-0.4, -0.2) is 12.5 Å². The monoisotopic (exact) mass is 293 g/mol. The SMILES string of the molecule is O=C(CCc1ccccc1)NCC1CCCc2ccccc21. The standard InChI is InChI=1S/C20H23NO/c22-20(14-13-16-7-2-1-3-8-16)21-15-18-11-6-10-17-9-4-5-12-19(17)18/h1-5,7-9,12,18H,6,10-11,13-15H2,(H,21,22). The van der Waals surface area contributed by atoms with E-state index < -0.39 is 0 Å². The zero-order valence-electron chi connectivity index (χ0n) is 12.9. The summed E-state index contributed by atoms with van der Waals surface area (Å²) >= 11 is 0. The van der Waals surface area contributed by atoms with Crippen LogP contribution in [0.15, 0.2) is 54.6 Å². The maximum atomic E-state index is 12.1. The minimum atomic E-state index is 0.159. The molecule has 1 atom stereocenters. The molecular formula is C20H23NO. The van der Waals surface area contributed by atoms with Gasteiger partial charge in [0.25, 0.3) is 0 Å². The highest BCUT2D eigenvalue weighted by Crippen LogP contribution is 2.30. The average Bonchev–Trinajstić information content (AvgIpc) is 2.59. The highest BCUT2D eigenvalue weighted by Gasteiger charge is 2.19. The van der Waals surface area contributed by atoms with Crippen LogP contribution < -0.4 is 5.32 Å². The third kappa shape index (κ3) is 3.76. The Morgan fingerprint density at radius 2 is 1.82 bits per heavy atom. The van der Waals surface area contributed by atoms with Gasteiger partial charge >= 0.3 is 0 Å². The van der Waals surface area contributed by atoms with Crippen molar-refractivity contribution in [3.8, 4) is 0 Å². The first kappa shape index (κ1) is 14.8. The maximum absolute atomic E-state index is 12.1. The average molecular weight is 293 g/mol. The molecule has 1 aliphatic carbocycles. The molecule has 0 fully saturated rings. The van der Waals surface area contributed by atoms with Gasteiger partial charge in [-0.3, -0.25) is 4.79 Å². The molecule has 0 aliphatic heterocycles. The van der Waals surface area contributed by atoms with Crippen LogP contribution in [-0.2, 0) is 17.6 Å². The summed E-state index contributed by atoms with van der Waals surface area (Å²) in [6, 6.07) is 18.8. The van der Waals surface area contributed by atoms with Crippen molar-refractivity contribution < 1.29 is 4.79 Å². The molecule has 2 heteroatoms. The molecule has 0 spiro atoms. The van der Waals surface area contributed by atoms with Crippen LogP contribution in [0.1, 0.15) is 41.9 Å². The number of nitrogens with one attached hydrogen (secondary N) is 1. The van der Waals surface area contributed by atoms with Crippen LogP contribution in [0.4, 0.5) is 0 Å². The summed E-state index contributed by atoms with van der Waals surface area (Å²) < 4.78 is 0. The van der Waals surface area contributed by atoms with Crippen molar-refractivity contribution >= 4 is 5.91 Å². The number of hydrogen-bond acceptors (Lipinski definition) is 1. The summed E-state index contributed by atoms with van der Waals surface area (Å²) in [4.78, 5) is 12.1. The quantitative estimate of drug-likeness (QED) is 0.891. The molecule has 1 aliphatic rings. The van der Waals surface area contributed by atoms with Crippen LogP contribution >= 0.6 is 0 Å². The fourth-order valence-electron chi connectivity index (χ4n) is 3.29. The van der Waals surface area contributed by atoms with Crippen LogP contribution in [0, 0.1) is 0 Å². The van der Waals surface area contributed by atoms with Gasteiger partial charge in [-0.15, -0.1) is 0 Å². The van der Waals surface area contributed by atoms with Crippen LogP contribution in [0.25, 0.3) is 0 Å². The van der Waals surface area contributed by atoms with Crippen LogP contribution in [0.5, 0.6) is 0 Å². The minimum Gasteiger partial charge on any atom is -0.355 e. The summed E-state index contributed by atoms with van der Waals surface area (Å²) in [5, 5.41) is 3.12. The van der Waals surface area contributed by atoms with Crippen molar-refractivity contribution in [2.75, 3.05) is 6.54 Å². The van der Waals surface area contributed by atoms with E-state index in [2.05, 4.69) is 41.7 Å². The Balaban J connectivity index is 1.50. The minimum absolute atomic E-state index is 0.159. The van der Waals surface area contributed by atoms with Gasteiger partial charge in [-0.2, -0.15) is 0 Å². The number of carbonyl (C=O) groups excluding carboxylic acids is 1. The topological polar surface area (TPSA) is 29.1 Å². The Hall–Kier alpha value is -2.09. The first-order valence-corrected chi connectivity index (χ1v) is 8.21. The normalized spacial score (nSPS) is 16.8. The van der Waals surface area contributed by atoms with Gasteiger partial charge in [0, 0.05) is 18.9 Å². The molecule has 3 rings (SSSR count). The lowest BCUT2D eigenvalue weighted by molar-refractivity contribution is -0.121. The van der Waals surface area contributed by atoms with Crippen molar-refractivity contribution in [2.24, 2.45) is 0 Å². The van der Waals surface area contributed by atoms with Crippen molar-refractivity contribution in [1.82, 2.24) is 5.32 Å². The summed E-state index contributed by atoms with van der Waals surface area (Å²) in [6.07, 6.45) is 4.96. The predicted octanol–water partition coefficient (Wildman–Crippen LogP) is 3.86. The molecular weight excluding hydrogens is 270 g/mol. The van der Waals surface area contributed by atoms with Crippen molar-refractivity contribution in [1.29, 1.82) is 0 Å². The summed E-state index contributed by atoms with van der Waals surface area (Å²) in [5.74, 6) is 0.637.